The second-order valence-corrected chi connectivity index (χ2v) is 18.3. The molecular formula is C58H37NOS. The van der Waals surface area contributed by atoms with Gasteiger partial charge in [-0.25, -0.2) is 0 Å². The average Bonchev–Trinajstić information content (AvgIpc) is 4.00. The zero-order valence-corrected chi connectivity index (χ0v) is 34.0. The molecule has 0 saturated heterocycles. The molecule has 1 fully saturated rings. The first-order valence-electron chi connectivity index (χ1n) is 21.3. The Kier molecular flexibility index (Phi) is 6.65. The number of nitrogens with zero attached hydrogens (tertiary/aromatic N) is 1. The minimum Gasteiger partial charge on any atom is -0.455 e. The molecule has 2 aliphatic heterocycles. The molecule has 0 bridgehead atoms. The molecule has 1 saturated carbocycles. The molecular weight excluding hydrogens is 759 g/mol. The van der Waals surface area contributed by atoms with Gasteiger partial charge < -0.3 is 9.64 Å². The maximum atomic E-state index is 7.33. The Balaban J connectivity index is 1.04. The van der Waals surface area contributed by atoms with E-state index in [0.29, 0.717) is 0 Å². The Morgan fingerprint density at radius 3 is 1.57 bits per heavy atom. The van der Waals surface area contributed by atoms with Gasteiger partial charge in [-0.2, -0.15) is 0 Å². The van der Waals surface area contributed by atoms with Crippen LogP contribution < -0.4 is 9.64 Å². The van der Waals surface area contributed by atoms with Gasteiger partial charge in [0.15, 0.2) is 0 Å². The maximum absolute atomic E-state index is 7.33. The summed E-state index contributed by atoms with van der Waals surface area (Å²) in [7, 11) is 0. The van der Waals surface area contributed by atoms with Crippen LogP contribution in [0.15, 0.2) is 228 Å². The average molecular weight is 796 g/mol. The topological polar surface area (TPSA) is 12.5 Å². The summed E-state index contributed by atoms with van der Waals surface area (Å²) in [6.07, 6.45) is 8.37. The number of ether oxygens (including phenoxy) is 1. The summed E-state index contributed by atoms with van der Waals surface area (Å²) in [6.45, 7) is 0. The van der Waals surface area contributed by atoms with Gasteiger partial charge in [0.1, 0.15) is 11.5 Å². The van der Waals surface area contributed by atoms with Crippen molar-refractivity contribution in [2.24, 2.45) is 5.41 Å². The summed E-state index contributed by atoms with van der Waals surface area (Å²) in [6, 6.07) is 72.0. The number of hydrogen-bond donors (Lipinski definition) is 0. The normalized spacial score (nSPS) is 20.4. The van der Waals surface area contributed by atoms with Crippen molar-refractivity contribution in [1.82, 2.24) is 0 Å². The van der Waals surface area contributed by atoms with Crippen LogP contribution in [0.4, 0.5) is 11.4 Å². The van der Waals surface area contributed by atoms with Crippen molar-refractivity contribution in [2.75, 3.05) is 4.90 Å². The van der Waals surface area contributed by atoms with Gasteiger partial charge in [0.25, 0.3) is 0 Å². The van der Waals surface area contributed by atoms with E-state index in [1.807, 2.05) is 11.8 Å². The van der Waals surface area contributed by atoms with E-state index < -0.39 is 5.41 Å². The van der Waals surface area contributed by atoms with E-state index >= 15 is 0 Å². The highest BCUT2D eigenvalue weighted by Gasteiger charge is 2.84. The van der Waals surface area contributed by atoms with E-state index in [4.69, 9.17) is 4.74 Å². The molecule has 0 N–H and O–H groups in total. The first-order chi connectivity index (χ1) is 30.2. The summed E-state index contributed by atoms with van der Waals surface area (Å²) in [5, 5.41) is 4.68. The summed E-state index contributed by atoms with van der Waals surface area (Å²) >= 11 is 1.89. The molecule has 0 radical (unpaired) electrons. The zero-order valence-electron chi connectivity index (χ0n) is 33.2. The molecule has 2 unspecified atom stereocenters. The minimum atomic E-state index is -0.513. The molecule has 3 aliphatic carbocycles. The van der Waals surface area contributed by atoms with E-state index in [9.17, 15) is 0 Å². The van der Waals surface area contributed by atoms with Crippen molar-refractivity contribution in [2.45, 2.75) is 27.0 Å². The van der Waals surface area contributed by atoms with Gasteiger partial charge in [-0.3, -0.25) is 0 Å². The van der Waals surface area contributed by atoms with Crippen LogP contribution in [-0.4, -0.2) is 0 Å². The van der Waals surface area contributed by atoms with Crippen molar-refractivity contribution in [3.8, 4) is 33.8 Å². The molecule has 9 aromatic rings. The fourth-order valence-electron chi connectivity index (χ4n) is 12.1. The fourth-order valence-corrected chi connectivity index (χ4v) is 13.2. The number of allylic oxidation sites excluding steroid dienone is 4. The molecule has 0 aromatic heterocycles. The van der Waals surface area contributed by atoms with E-state index in [0.717, 1.165) is 28.7 Å². The highest BCUT2D eigenvalue weighted by atomic mass is 32.2. The first-order valence-corrected chi connectivity index (χ1v) is 22.1. The smallest absolute Gasteiger partial charge is 0.139 e. The number of hydrogen-bond acceptors (Lipinski definition) is 3. The number of benzene rings is 9. The molecule has 2 heterocycles. The third-order valence-electron chi connectivity index (χ3n) is 14.6. The molecule has 1 spiro atoms. The monoisotopic (exact) mass is 795 g/mol. The Hall–Kier alpha value is -7.07. The van der Waals surface area contributed by atoms with Gasteiger partial charge in [0.2, 0.25) is 0 Å². The van der Waals surface area contributed by atoms with Crippen molar-refractivity contribution >= 4 is 44.7 Å². The van der Waals surface area contributed by atoms with Crippen LogP contribution in [0.2, 0.25) is 0 Å². The molecule has 286 valence electrons. The maximum Gasteiger partial charge on any atom is 0.139 e. The highest BCUT2D eigenvalue weighted by molar-refractivity contribution is 7.99. The molecule has 0 amide bonds. The number of rotatable bonds is 3. The standard InChI is InChI=1S/C58H37NOS/c1-3-14-37(15-4-1)41-27-31-49-51(34-41)61-52-35-42(38-16-5-2-6-17-38)28-32-50(52)59(49)53-24-13-33-56-36-57(53,56)45-22-11-12-23-46(45)58(56)47-29-25-39-18-7-9-20-43(39)54(47)60-55-44-21-10-8-19-40(44)26-30-48(55)58/h1-35H,36H2. The molecule has 2 atom stereocenters. The summed E-state index contributed by atoms with van der Waals surface area (Å²) in [5.74, 6) is 1.95. The number of fused-ring (bicyclic) bond motifs is 12. The van der Waals surface area contributed by atoms with E-state index in [-0.39, 0.29) is 10.8 Å². The van der Waals surface area contributed by atoms with Crippen LogP contribution in [0.25, 0.3) is 43.8 Å². The largest absolute Gasteiger partial charge is 0.455 e. The summed E-state index contributed by atoms with van der Waals surface area (Å²) in [4.78, 5) is 5.16. The molecule has 14 rings (SSSR count). The van der Waals surface area contributed by atoms with Crippen LogP contribution >= 0.6 is 11.8 Å². The fraction of sp³-hybridized carbons (Fsp3) is 0.0690. The van der Waals surface area contributed by atoms with E-state index in [2.05, 4.69) is 217 Å². The Labute approximate surface area is 359 Å². The van der Waals surface area contributed by atoms with Crippen molar-refractivity contribution < 1.29 is 4.74 Å². The minimum absolute atomic E-state index is 0.301. The lowest BCUT2D eigenvalue weighted by molar-refractivity contribution is 0.356. The molecule has 9 aromatic carbocycles. The second-order valence-electron chi connectivity index (χ2n) is 17.2. The summed E-state index contributed by atoms with van der Waals surface area (Å²) < 4.78 is 7.33. The lowest BCUT2D eigenvalue weighted by atomic mass is 9.59. The predicted molar refractivity (Wildman–Crippen MR) is 250 cm³/mol. The van der Waals surface area contributed by atoms with Gasteiger partial charge in [-0.1, -0.05) is 194 Å². The third-order valence-corrected chi connectivity index (χ3v) is 15.7. The van der Waals surface area contributed by atoms with E-state index in [1.165, 1.54) is 82.1 Å². The zero-order chi connectivity index (χ0) is 39.9. The van der Waals surface area contributed by atoms with Crippen LogP contribution in [0.1, 0.15) is 28.7 Å². The van der Waals surface area contributed by atoms with Crippen molar-refractivity contribution in [3.63, 3.8) is 0 Å². The molecule has 5 aliphatic rings. The van der Waals surface area contributed by atoms with Crippen LogP contribution in [-0.2, 0) is 10.8 Å². The molecule has 3 heteroatoms. The van der Waals surface area contributed by atoms with E-state index in [1.54, 1.807) is 0 Å². The highest BCUT2D eigenvalue weighted by Crippen LogP contribution is 2.87. The quantitative estimate of drug-likeness (QED) is 0.177. The SMILES string of the molecule is C1=CC23CC2(C(N2c4ccc(-c5ccccc5)cc4Sc4cc(-c5ccccc5)ccc42)=C1)c1ccccc1C31c2ccc3ccccc3c2Oc2c1ccc1ccccc21. The van der Waals surface area contributed by atoms with Crippen molar-refractivity contribution in [1.29, 1.82) is 0 Å². The Morgan fingerprint density at radius 1 is 0.459 bits per heavy atom. The van der Waals surface area contributed by atoms with Crippen molar-refractivity contribution in [3.05, 3.63) is 240 Å². The van der Waals surface area contributed by atoms with Gasteiger partial charge in [0.05, 0.1) is 16.8 Å². The molecule has 2 nitrogen and oxygen atoms in total. The third kappa shape index (κ3) is 4.19. The van der Waals surface area contributed by atoms with Gasteiger partial charge >= 0.3 is 0 Å². The van der Waals surface area contributed by atoms with Crippen LogP contribution in [0, 0.1) is 5.41 Å². The van der Waals surface area contributed by atoms with Crippen LogP contribution in [0.3, 0.4) is 0 Å². The Morgan fingerprint density at radius 2 is 0.984 bits per heavy atom. The number of anilines is 2. The first kappa shape index (κ1) is 33.7. The van der Waals surface area contributed by atoms with Gasteiger partial charge in [-0.15, -0.1) is 0 Å². The predicted octanol–water partition coefficient (Wildman–Crippen LogP) is 15.2. The lowest BCUT2D eigenvalue weighted by Gasteiger charge is -2.46. The second kappa shape index (κ2) is 12.0. The van der Waals surface area contributed by atoms with Gasteiger partial charge in [0, 0.05) is 48.2 Å². The summed E-state index contributed by atoms with van der Waals surface area (Å²) in [5.41, 5.74) is 12.9. The van der Waals surface area contributed by atoms with Crippen LogP contribution in [0.5, 0.6) is 11.5 Å². The lowest BCUT2D eigenvalue weighted by Crippen LogP contribution is -2.42. The molecule has 61 heavy (non-hydrogen) atoms. The van der Waals surface area contributed by atoms with Gasteiger partial charge in [-0.05, 0) is 80.9 Å². The Bertz CT molecular complexity index is 3250.